The Kier molecular flexibility index (Phi) is 4.39. The van der Waals surface area contributed by atoms with E-state index in [1.807, 2.05) is 0 Å². The molecule has 0 atom stereocenters. The first kappa shape index (κ1) is 14.4. The van der Waals surface area contributed by atoms with Crippen molar-refractivity contribution in [3.63, 3.8) is 0 Å². The van der Waals surface area contributed by atoms with Gasteiger partial charge in [0.2, 0.25) is 0 Å². The zero-order chi connectivity index (χ0) is 15.2. The number of carboxylic acids is 1. The first-order valence-corrected chi connectivity index (χ1v) is 6.08. The van der Waals surface area contributed by atoms with Crippen molar-refractivity contribution in [1.82, 2.24) is 25.9 Å². The van der Waals surface area contributed by atoms with E-state index in [0.29, 0.717) is 11.4 Å². The number of aromatic amines is 1. The van der Waals surface area contributed by atoms with E-state index in [2.05, 4.69) is 25.9 Å². The molecule has 0 aliphatic carbocycles. The Hall–Kier alpha value is -3.03. The molecule has 0 unspecified atom stereocenters. The summed E-state index contributed by atoms with van der Waals surface area (Å²) in [6.45, 7) is 1.98. The fraction of sp³-hybridized carbons (Fsp3) is 0.154. The van der Waals surface area contributed by atoms with Crippen LogP contribution in [0, 0.1) is 6.92 Å². The highest BCUT2D eigenvalue weighted by atomic mass is 16.4. The molecule has 0 aliphatic rings. The number of benzene rings is 1. The van der Waals surface area contributed by atoms with Crippen molar-refractivity contribution < 1.29 is 14.7 Å². The van der Waals surface area contributed by atoms with Crippen LogP contribution in [0.15, 0.2) is 24.3 Å². The SMILES string of the molecule is Cc1cc(C(=O)NCc2nn[nH]n2)ccc1/C=C/C(=O)O. The number of aryl methyl sites for hydroxylation is 1. The number of rotatable bonds is 5. The third-order valence-electron chi connectivity index (χ3n) is 2.73. The third kappa shape index (κ3) is 3.96. The molecule has 21 heavy (non-hydrogen) atoms. The van der Waals surface area contributed by atoms with E-state index in [4.69, 9.17) is 5.11 Å². The van der Waals surface area contributed by atoms with E-state index < -0.39 is 5.97 Å². The van der Waals surface area contributed by atoms with Gasteiger partial charge in [-0.05, 0) is 36.3 Å². The maximum Gasteiger partial charge on any atom is 0.328 e. The summed E-state index contributed by atoms with van der Waals surface area (Å²) < 4.78 is 0. The number of hydrogen-bond acceptors (Lipinski definition) is 5. The van der Waals surface area contributed by atoms with Crippen molar-refractivity contribution in [3.05, 3.63) is 46.8 Å². The summed E-state index contributed by atoms with van der Waals surface area (Å²) in [7, 11) is 0. The molecule has 1 aromatic heterocycles. The van der Waals surface area contributed by atoms with E-state index in [1.165, 1.54) is 6.08 Å². The highest BCUT2D eigenvalue weighted by molar-refractivity contribution is 5.94. The Morgan fingerprint density at radius 3 is 2.86 bits per heavy atom. The van der Waals surface area contributed by atoms with E-state index in [-0.39, 0.29) is 12.5 Å². The molecule has 0 radical (unpaired) electrons. The van der Waals surface area contributed by atoms with Gasteiger partial charge in [-0.1, -0.05) is 11.3 Å². The van der Waals surface area contributed by atoms with Crippen molar-refractivity contribution in [1.29, 1.82) is 0 Å². The molecule has 0 aliphatic heterocycles. The molecule has 0 saturated heterocycles. The van der Waals surface area contributed by atoms with Gasteiger partial charge in [-0.2, -0.15) is 5.21 Å². The Labute approximate surface area is 119 Å². The highest BCUT2D eigenvalue weighted by Crippen LogP contribution is 2.13. The van der Waals surface area contributed by atoms with Crippen LogP contribution in [0.25, 0.3) is 6.08 Å². The first-order valence-electron chi connectivity index (χ1n) is 6.08. The van der Waals surface area contributed by atoms with Gasteiger partial charge in [0, 0.05) is 11.6 Å². The van der Waals surface area contributed by atoms with Gasteiger partial charge < -0.3 is 10.4 Å². The van der Waals surface area contributed by atoms with Crippen molar-refractivity contribution >= 4 is 18.0 Å². The molecule has 1 aromatic carbocycles. The van der Waals surface area contributed by atoms with Crippen molar-refractivity contribution in [2.75, 3.05) is 0 Å². The quantitative estimate of drug-likeness (QED) is 0.690. The number of tetrazole rings is 1. The third-order valence-corrected chi connectivity index (χ3v) is 2.73. The average Bonchev–Trinajstić information content (AvgIpc) is 2.96. The minimum absolute atomic E-state index is 0.176. The first-order chi connectivity index (χ1) is 10.1. The molecule has 3 N–H and O–H groups in total. The van der Waals surface area contributed by atoms with Gasteiger partial charge >= 0.3 is 5.97 Å². The Bertz CT molecular complexity index is 679. The predicted octanol–water partition coefficient (Wildman–Crippen LogP) is 0.536. The second-order valence-electron chi connectivity index (χ2n) is 4.25. The van der Waals surface area contributed by atoms with E-state index >= 15 is 0 Å². The Balaban J connectivity index is 2.05. The number of carbonyl (C=O) groups is 2. The number of carbonyl (C=O) groups excluding carboxylic acids is 1. The zero-order valence-corrected chi connectivity index (χ0v) is 11.2. The summed E-state index contributed by atoms with van der Waals surface area (Å²) in [6, 6.07) is 5.01. The Morgan fingerprint density at radius 1 is 1.43 bits per heavy atom. The minimum Gasteiger partial charge on any atom is -0.478 e. The fourth-order valence-electron chi connectivity index (χ4n) is 1.68. The molecule has 108 valence electrons. The average molecular weight is 287 g/mol. The van der Waals surface area contributed by atoms with E-state index in [1.54, 1.807) is 25.1 Å². The minimum atomic E-state index is -1.02. The molecule has 0 bridgehead atoms. The van der Waals surface area contributed by atoms with Crippen molar-refractivity contribution in [2.45, 2.75) is 13.5 Å². The van der Waals surface area contributed by atoms with Gasteiger partial charge in [0.05, 0.1) is 6.54 Å². The number of H-pyrrole nitrogens is 1. The van der Waals surface area contributed by atoms with Gasteiger partial charge in [-0.25, -0.2) is 4.79 Å². The van der Waals surface area contributed by atoms with Gasteiger partial charge in [-0.15, -0.1) is 10.2 Å². The number of hydrogen-bond donors (Lipinski definition) is 3. The van der Waals surface area contributed by atoms with Crippen LogP contribution in [0.1, 0.15) is 27.3 Å². The number of nitrogens with one attached hydrogen (secondary N) is 2. The number of carboxylic acid groups (broad SMARTS) is 1. The van der Waals surface area contributed by atoms with Crippen LogP contribution in [-0.2, 0) is 11.3 Å². The molecule has 1 heterocycles. The van der Waals surface area contributed by atoms with Crippen molar-refractivity contribution in [3.8, 4) is 0 Å². The number of amides is 1. The van der Waals surface area contributed by atoms with Crippen LogP contribution < -0.4 is 5.32 Å². The number of nitrogens with zero attached hydrogens (tertiary/aromatic N) is 3. The second-order valence-corrected chi connectivity index (χ2v) is 4.25. The molecule has 0 fully saturated rings. The molecule has 8 nitrogen and oxygen atoms in total. The number of aromatic nitrogens is 4. The largest absolute Gasteiger partial charge is 0.478 e. The molecule has 8 heteroatoms. The Morgan fingerprint density at radius 2 is 2.24 bits per heavy atom. The summed E-state index contributed by atoms with van der Waals surface area (Å²) in [6.07, 6.45) is 2.54. The van der Waals surface area contributed by atoms with Crippen LogP contribution in [0.2, 0.25) is 0 Å². The second kappa shape index (κ2) is 6.42. The maximum absolute atomic E-state index is 12.0. The molecule has 1 amide bonds. The molecule has 0 saturated carbocycles. The zero-order valence-electron chi connectivity index (χ0n) is 11.2. The fourth-order valence-corrected chi connectivity index (χ4v) is 1.68. The van der Waals surface area contributed by atoms with Crippen LogP contribution >= 0.6 is 0 Å². The normalized spacial score (nSPS) is 10.7. The van der Waals surface area contributed by atoms with E-state index in [0.717, 1.165) is 17.2 Å². The molecular formula is C13H13N5O3. The summed E-state index contributed by atoms with van der Waals surface area (Å²) in [4.78, 5) is 22.4. The summed E-state index contributed by atoms with van der Waals surface area (Å²) >= 11 is 0. The lowest BCUT2D eigenvalue weighted by atomic mass is 10.0. The van der Waals surface area contributed by atoms with Gasteiger partial charge in [0.1, 0.15) is 0 Å². The lowest BCUT2D eigenvalue weighted by Gasteiger charge is -2.06. The summed E-state index contributed by atoms with van der Waals surface area (Å²) in [5, 5.41) is 24.4. The molecule has 0 spiro atoms. The molecular weight excluding hydrogens is 274 g/mol. The van der Waals surface area contributed by atoms with Crippen LogP contribution in [-0.4, -0.2) is 37.6 Å². The standard InChI is InChI=1S/C13H13N5O3/c1-8-6-10(3-2-9(8)4-5-12(19)20)13(21)14-7-11-15-17-18-16-11/h2-6H,7H2,1H3,(H,14,21)(H,19,20)(H,15,16,17,18)/b5-4+. The topological polar surface area (TPSA) is 121 Å². The lowest BCUT2D eigenvalue weighted by molar-refractivity contribution is -0.131. The van der Waals surface area contributed by atoms with Gasteiger partial charge in [0.25, 0.3) is 5.91 Å². The van der Waals surface area contributed by atoms with Crippen molar-refractivity contribution in [2.24, 2.45) is 0 Å². The molecule has 2 aromatic rings. The van der Waals surface area contributed by atoms with Gasteiger partial charge in [0.15, 0.2) is 5.82 Å². The summed E-state index contributed by atoms with van der Waals surface area (Å²) in [5.74, 6) is -0.894. The predicted molar refractivity (Wildman–Crippen MR) is 73.2 cm³/mol. The lowest BCUT2D eigenvalue weighted by Crippen LogP contribution is -2.23. The monoisotopic (exact) mass is 287 g/mol. The smallest absolute Gasteiger partial charge is 0.328 e. The van der Waals surface area contributed by atoms with Gasteiger partial charge in [-0.3, -0.25) is 4.79 Å². The van der Waals surface area contributed by atoms with Crippen LogP contribution in [0.5, 0.6) is 0 Å². The van der Waals surface area contributed by atoms with Crippen LogP contribution in [0.4, 0.5) is 0 Å². The number of aliphatic carboxylic acids is 1. The maximum atomic E-state index is 12.0. The van der Waals surface area contributed by atoms with Crippen LogP contribution in [0.3, 0.4) is 0 Å². The van der Waals surface area contributed by atoms with E-state index in [9.17, 15) is 9.59 Å². The highest BCUT2D eigenvalue weighted by Gasteiger charge is 2.08. The summed E-state index contributed by atoms with van der Waals surface area (Å²) in [5.41, 5.74) is 2.02. The molecule has 2 rings (SSSR count).